The van der Waals surface area contributed by atoms with Crippen LogP contribution < -0.4 is 5.32 Å². The summed E-state index contributed by atoms with van der Waals surface area (Å²) >= 11 is 0. The van der Waals surface area contributed by atoms with Gasteiger partial charge in [0.15, 0.2) is 0 Å². The highest BCUT2D eigenvalue weighted by molar-refractivity contribution is 5.94. The van der Waals surface area contributed by atoms with E-state index in [1.54, 1.807) is 36.1 Å². The maximum absolute atomic E-state index is 12.0. The van der Waals surface area contributed by atoms with Crippen LogP contribution in [0.4, 0.5) is 0 Å². The van der Waals surface area contributed by atoms with Crippen LogP contribution in [0.3, 0.4) is 0 Å². The molecule has 1 aromatic rings. The standard InChI is InChI=1S/C16H22N2O3/c1-16(21)8-11-18(12-9-16)14(19)7-10-17-15(20)13-5-3-2-4-6-13/h2-6,21H,7-12H2,1H3,(H,17,20). The number of piperidine rings is 1. The van der Waals surface area contributed by atoms with Gasteiger partial charge < -0.3 is 15.3 Å². The van der Waals surface area contributed by atoms with E-state index in [1.807, 2.05) is 6.07 Å². The SMILES string of the molecule is CC1(O)CCN(C(=O)CCNC(=O)c2ccccc2)CC1. The first kappa shape index (κ1) is 15.5. The Balaban J connectivity index is 1.71. The summed E-state index contributed by atoms with van der Waals surface area (Å²) in [7, 11) is 0. The number of carbonyl (C=O) groups is 2. The molecule has 1 saturated heterocycles. The van der Waals surface area contributed by atoms with Gasteiger partial charge in [-0.25, -0.2) is 0 Å². The lowest BCUT2D eigenvalue weighted by Crippen LogP contribution is -2.45. The third-order valence-corrected chi connectivity index (χ3v) is 3.85. The van der Waals surface area contributed by atoms with Gasteiger partial charge in [-0.1, -0.05) is 18.2 Å². The van der Waals surface area contributed by atoms with Crippen molar-refractivity contribution in [1.82, 2.24) is 10.2 Å². The first-order chi connectivity index (χ1) is 9.98. The van der Waals surface area contributed by atoms with E-state index in [4.69, 9.17) is 0 Å². The Bertz CT molecular complexity index is 490. The minimum absolute atomic E-state index is 0.0267. The fourth-order valence-electron chi connectivity index (χ4n) is 2.37. The number of hydrogen-bond acceptors (Lipinski definition) is 3. The molecular weight excluding hydrogens is 268 g/mol. The van der Waals surface area contributed by atoms with Gasteiger partial charge in [0.25, 0.3) is 5.91 Å². The molecule has 0 atom stereocenters. The number of hydrogen-bond donors (Lipinski definition) is 2. The minimum atomic E-state index is -0.654. The lowest BCUT2D eigenvalue weighted by atomic mass is 9.94. The topological polar surface area (TPSA) is 69.6 Å². The summed E-state index contributed by atoms with van der Waals surface area (Å²) in [5.41, 5.74) is -0.0582. The van der Waals surface area contributed by atoms with Gasteiger partial charge in [0.05, 0.1) is 5.60 Å². The Labute approximate surface area is 125 Å². The number of nitrogens with zero attached hydrogens (tertiary/aromatic N) is 1. The minimum Gasteiger partial charge on any atom is -0.390 e. The smallest absolute Gasteiger partial charge is 0.251 e. The van der Waals surface area contributed by atoms with Gasteiger partial charge >= 0.3 is 0 Å². The van der Waals surface area contributed by atoms with E-state index >= 15 is 0 Å². The Morgan fingerprint density at radius 2 is 1.86 bits per heavy atom. The molecule has 2 rings (SSSR count). The largest absolute Gasteiger partial charge is 0.390 e. The zero-order valence-corrected chi connectivity index (χ0v) is 12.3. The Morgan fingerprint density at radius 3 is 2.48 bits per heavy atom. The zero-order chi connectivity index (χ0) is 15.3. The van der Waals surface area contributed by atoms with E-state index in [-0.39, 0.29) is 11.8 Å². The van der Waals surface area contributed by atoms with Crippen LogP contribution in [0.5, 0.6) is 0 Å². The monoisotopic (exact) mass is 290 g/mol. The van der Waals surface area contributed by atoms with Crippen molar-refractivity contribution in [3.8, 4) is 0 Å². The molecule has 5 heteroatoms. The van der Waals surface area contributed by atoms with Crippen molar-refractivity contribution in [2.45, 2.75) is 31.8 Å². The van der Waals surface area contributed by atoms with Gasteiger partial charge in [-0.15, -0.1) is 0 Å². The number of nitrogens with one attached hydrogen (secondary N) is 1. The highest BCUT2D eigenvalue weighted by Gasteiger charge is 2.29. The van der Waals surface area contributed by atoms with Gasteiger partial charge in [-0.3, -0.25) is 9.59 Å². The molecule has 0 radical (unpaired) electrons. The molecule has 0 saturated carbocycles. The van der Waals surface area contributed by atoms with Gasteiger partial charge in [0.2, 0.25) is 5.91 Å². The van der Waals surface area contributed by atoms with Crippen molar-refractivity contribution >= 4 is 11.8 Å². The number of benzene rings is 1. The predicted octanol–water partition coefficient (Wildman–Crippen LogP) is 1.18. The summed E-state index contributed by atoms with van der Waals surface area (Å²) in [4.78, 5) is 25.6. The third kappa shape index (κ3) is 4.56. The summed E-state index contributed by atoms with van der Waals surface area (Å²) in [5, 5.41) is 12.6. The van der Waals surface area contributed by atoms with E-state index in [0.717, 1.165) is 0 Å². The van der Waals surface area contributed by atoms with Crippen molar-refractivity contribution in [2.24, 2.45) is 0 Å². The molecule has 21 heavy (non-hydrogen) atoms. The predicted molar refractivity (Wildman–Crippen MR) is 79.8 cm³/mol. The van der Waals surface area contributed by atoms with Crippen molar-refractivity contribution in [3.63, 3.8) is 0 Å². The van der Waals surface area contributed by atoms with Crippen LogP contribution in [0.1, 0.15) is 36.5 Å². The zero-order valence-electron chi connectivity index (χ0n) is 12.3. The fraction of sp³-hybridized carbons (Fsp3) is 0.500. The van der Waals surface area contributed by atoms with Crippen LogP contribution in [0.2, 0.25) is 0 Å². The summed E-state index contributed by atoms with van der Waals surface area (Å²) in [6, 6.07) is 8.94. The average molecular weight is 290 g/mol. The van der Waals surface area contributed by atoms with E-state index in [9.17, 15) is 14.7 Å². The summed E-state index contributed by atoms with van der Waals surface area (Å²) in [6.45, 7) is 3.30. The average Bonchev–Trinajstić information content (AvgIpc) is 2.47. The quantitative estimate of drug-likeness (QED) is 0.875. The molecule has 0 aliphatic carbocycles. The Morgan fingerprint density at radius 1 is 1.24 bits per heavy atom. The van der Waals surface area contributed by atoms with Crippen molar-refractivity contribution < 1.29 is 14.7 Å². The number of amides is 2. The summed E-state index contributed by atoms with van der Waals surface area (Å²) < 4.78 is 0. The number of rotatable bonds is 4. The first-order valence-electron chi connectivity index (χ1n) is 7.31. The van der Waals surface area contributed by atoms with Crippen LogP contribution in [0, 0.1) is 0 Å². The van der Waals surface area contributed by atoms with Gasteiger partial charge in [0, 0.05) is 31.6 Å². The number of aliphatic hydroxyl groups is 1. The fourth-order valence-corrected chi connectivity index (χ4v) is 2.37. The normalized spacial score (nSPS) is 17.3. The highest BCUT2D eigenvalue weighted by atomic mass is 16.3. The van der Waals surface area contributed by atoms with Crippen LogP contribution in [0.25, 0.3) is 0 Å². The molecule has 2 N–H and O–H groups in total. The lowest BCUT2D eigenvalue weighted by molar-refractivity contribution is -0.134. The van der Waals surface area contributed by atoms with Crippen LogP contribution in [0.15, 0.2) is 30.3 Å². The molecule has 0 unspecified atom stereocenters. The van der Waals surface area contributed by atoms with Gasteiger partial charge in [-0.2, -0.15) is 0 Å². The van der Waals surface area contributed by atoms with Crippen LogP contribution >= 0.6 is 0 Å². The van der Waals surface area contributed by atoms with Crippen molar-refractivity contribution in [3.05, 3.63) is 35.9 Å². The van der Waals surface area contributed by atoms with Crippen molar-refractivity contribution in [2.75, 3.05) is 19.6 Å². The van der Waals surface area contributed by atoms with E-state index in [1.165, 1.54) is 0 Å². The molecule has 0 bridgehead atoms. The number of likely N-dealkylation sites (tertiary alicyclic amines) is 1. The van der Waals surface area contributed by atoms with Crippen LogP contribution in [-0.4, -0.2) is 47.1 Å². The molecule has 0 aromatic heterocycles. The van der Waals surface area contributed by atoms with Gasteiger partial charge in [-0.05, 0) is 31.9 Å². The lowest BCUT2D eigenvalue weighted by Gasteiger charge is -2.35. The summed E-state index contributed by atoms with van der Waals surface area (Å²) in [6.07, 6.45) is 1.50. The molecule has 1 heterocycles. The molecule has 2 amide bonds. The first-order valence-corrected chi connectivity index (χ1v) is 7.31. The third-order valence-electron chi connectivity index (χ3n) is 3.85. The van der Waals surface area contributed by atoms with E-state index in [2.05, 4.69) is 5.32 Å². The highest BCUT2D eigenvalue weighted by Crippen LogP contribution is 2.21. The van der Waals surface area contributed by atoms with Crippen molar-refractivity contribution in [1.29, 1.82) is 0 Å². The second-order valence-electron chi connectivity index (χ2n) is 5.75. The van der Waals surface area contributed by atoms with E-state index in [0.29, 0.717) is 44.5 Å². The number of carbonyl (C=O) groups excluding carboxylic acids is 2. The maximum Gasteiger partial charge on any atom is 0.251 e. The molecule has 1 aromatic carbocycles. The van der Waals surface area contributed by atoms with Gasteiger partial charge in [0.1, 0.15) is 0 Å². The molecule has 5 nitrogen and oxygen atoms in total. The van der Waals surface area contributed by atoms with Crippen LogP contribution in [-0.2, 0) is 4.79 Å². The Hall–Kier alpha value is -1.88. The molecule has 1 fully saturated rings. The maximum atomic E-state index is 12.0. The molecule has 1 aliphatic heterocycles. The molecule has 0 spiro atoms. The second kappa shape index (κ2) is 6.72. The molecular formula is C16H22N2O3. The summed E-state index contributed by atoms with van der Waals surface area (Å²) in [5.74, 6) is -0.135. The Kier molecular flexibility index (Phi) is 4.96. The van der Waals surface area contributed by atoms with E-state index < -0.39 is 5.60 Å². The molecule has 114 valence electrons. The molecule has 1 aliphatic rings. The second-order valence-corrected chi connectivity index (χ2v) is 5.75.